The third-order valence-corrected chi connectivity index (χ3v) is 6.38. The highest BCUT2D eigenvalue weighted by molar-refractivity contribution is 5.84. The molecule has 0 spiro atoms. The first-order valence-electron chi connectivity index (χ1n) is 12.0. The first kappa shape index (κ1) is 25.7. The van der Waals surface area contributed by atoms with E-state index >= 15 is 0 Å². The molecule has 1 aliphatic rings. The van der Waals surface area contributed by atoms with Gasteiger partial charge in [-0.1, -0.05) is 76.1 Å². The number of aliphatic carboxylic acids is 2. The van der Waals surface area contributed by atoms with Crippen LogP contribution in [0.25, 0.3) is 0 Å². The van der Waals surface area contributed by atoms with Crippen LogP contribution in [0.4, 0.5) is 4.79 Å². The van der Waals surface area contributed by atoms with Gasteiger partial charge >= 0.3 is 18.0 Å². The first-order chi connectivity index (χ1) is 15.4. The van der Waals surface area contributed by atoms with E-state index < -0.39 is 29.9 Å². The summed E-state index contributed by atoms with van der Waals surface area (Å²) in [6, 6.07) is 6.20. The number of nitrogens with zero attached hydrogens (tertiary/aromatic N) is 2. The number of carboxylic acids is 2. The van der Waals surface area contributed by atoms with Gasteiger partial charge in [-0.25, -0.2) is 9.59 Å². The summed E-state index contributed by atoms with van der Waals surface area (Å²) in [5.74, 6) is -2.59. The van der Waals surface area contributed by atoms with E-state index in [1.54, 1.807) is 6.92 Å². The minimum Gasteiger partial charge on any atom is -0.481 e. The lowest BCUT2D eigenvalue weighted by Crippen LogP contribution is -2.54. The predicted molar refractivity (Wildman–Crippen MR) is 123 cm³/mol. The standard InChI is InChI=1S/C25H38N2O5/c1-3-5-6-7-8-9-10-15-21(23(28)29)17-26(4-2)25(32)27-18-20-14-12-11-13-19(20)16-22(27)24(30)31/h11-14,21-22H,3-10,15-18H2,1-2H3,(H,28,29)(H,30,31)/t21-,22-/m0/s1. The monoisotopic (exact) mass is 446 g/mol. The Kier molecular flexibility index (Phi) is 10.5. The number of carbonyl (C=O) groups excluding carboxylic acids is 1. The zero-order valence-corrected chi connectivity index (χ0v) is 19.5. The minimum absolute atomic E-state index is 0.102. The van der Waals surface area contributed by atoms with Crippen LogP contribution in [0.3, 0.4) is 0 Å². The molecule has 1 aliphatic heterocycles. The number of urea groups is 1. The molecule has 2 rings (SSSR count). The number of unbranched alkanes of at least 4 members (excludes halogenated alkanes) is 6. The number of hydrogen-bond acceptors (Lipinski definition) is 3. The normalized spacial score (nSPS) is 16.3. The van der Waals surface area contributed by atoms with Crippen molar-refractivity contribution in [1.82, 2.24) is 9.80 Å². The summed E-state index contributed by atoms with van der Waals surface area (Å²) in [6.07, 6.45) is 8.56. The highest BCUT2D eigenvalue weighted by atomic mass is 16.4. The third-order valence-electron chi connectivity index (χ3n) is 6.38. The molecular weight excluding hydrogens is 408 g/mol. The van der Waals surface area contributed by atoms with Gasteiger partial charge in [-0.15, -0.1) is 0 Å². The molecule has 2 atom stereocenters. The average Bonchev–Trinajstić information content (AvgIpc) is 2.78. The number of carboxylic acid groups (broad SMARTS) is 2. The topological polar surface area (TPSA) is 98.2 Å². The Morgan fingerprint density at radius 3 is 2.22 bits per heavy atom. The number of rotatable bonds is 13. The van der Waals surface area contributed by atoms with E-state index in [1.807, 2.05) is 24.3 Å². The summed E-state index contributed by atoms with van der Waals surface area (Å²) in [6.45, 7) is 4.64. The van der Waals surface area contributed by atoms with Crippen LogP contribution < -0.4 is 0 Å². The minimum atomic E-state index is -1.04. The molecule has 7 heteroatoms. The van der Waals surface area contributed by atoms with Crippen molar-refractivity contribution in [3.63, 3.8) is 0 Å². The first-order valence-corrected chi connectivity index (χ1v) is 12.0. The Labute approximate surface area is 191 Å². The van der Waals surface area contributed by atoms with Crippen LogP contribution in [0.15, 0.2) is 24.3 Å². The maximum absolute atomic E-state index is 13.3. The van der Waals surface area contributed by atoms with Crippen molar-refractivity contribution < 1.29 is 24.6 Å². The SMILES string of the molecule is CCCCCCCCC[C@@H](CN(CC)C(=O)N1Cc2ccccc2C[C@H]1C(=O)O)C(=O)O. The van der Waals surface area contributed by atoms with Gasteiger partial charge in [0.25, 0.3) is 0 Å². The lowest BCUT2D eigenvalue weighted by molar-refractivity contribution is -0.144. The van der Waals surface area contributed by atoms with Crippen molar-refractivity contribution in [3.05, 3.63) is 35.4 Å². The zero-order chi connectivity index (χ0) is 23.5. The molecule has 0 fully saturated rings. The second-order valence-electron chi connectivity index (χ2n) is 8.72. The fourth-order valence-corrected chi connectivity index (χ4v) is 4.38. The summed E-state index contributed by atoms with van der Waals surface area (Å²) in [5.41, 5.74) is 1.88. The summed E-state index contributed by atoms with van der Waals surface area (Å²) < 4.78 is 0. The van der Waals surface area contributed by atoms with E-state index in [-0.39, 0.29) is 19.5 Å². The van der Waals surface area contributed by atoms with Crippen LogP contribution in [-0.2, 0) is 22.6 Å². The zero-order valence-electron chi connectivity index (χ0n) is 19.5. The van der Waals surface area contributed by atoms with Gasteiger partial charge in [-0.2, -0.15) is 0 Å². The molecular formula is C25H38N2O5. The van der Waals surface area contributed by atoms with Crippen molar-refractivity contribution in [2.45, 2.75) is 84.2 Å². The summed E-state index contributed by atoms with van der Waals surface area (Å²) >= 11 is 0. The van der Waals surface area contributed by atoms with E-state index in [2.05, 4.69) is 6.92 Å². The van der Waals surface area contributed by atoms with Crippen LogP contribution in [0, 0.1) is 5.92 Å². The van der Waals surface area contributed by atoms with Gasteiger partial charge in [0, 0.05) is 26.1 Å². The van der Waals surface area contributed by atoms with E-state index in [1.165, 1.54) is 35.5 Å². The van der Waals surface area contributed by atoms with Crippen molar-refractivity contribution in [2.24, 2.45) is 5.92 Å². The fourth-order valence-electron chi connectivity index (χ4n) is 4.38. The van der Waals surface area contributed by atoms with E-state index in [0.29, 0.717) is 13.0 Å². The Morgan fingerprint density at radius 2 is 1.62 bits per heavy atom. The van der Waals surface area contributed by atoms with Crippen LogP contribution in [-0.4, -0.2) is 57.1 Å². The van der Waals surface area contributed by atoms with Gasteiger partial charge in [0.1, 0.15) is 6.04 Å². The molecule has 0 radical (unpaired) electrons. The summed E-state index contributed by atoms with van der Waals surface area (Å²) in [5, 5.41) is 19.4. The molecule has 0 saturated carbocycles. The molecule has 1 aromatic carbocycles. The Morgan fingerprint density at radius 1 is 1.00 bits per heavy atom. The van der Waals surface area contributed by atoms with Gasteiger partial charge in [0.2, 0.25) is 0 Å². The highest BCUT2D eigenvalue weighted by Gasteiger charge is 2.37. The van der Waals surface area contributed by atoms with Crippen molar-refractivity contribution >= 4 is 18.0 Å². The summed E-state index contributed by atoms with van der Waals surface area (Å²) in [7, 11) is 0. The molecule has 0 bridgehead atoms. The van der Waals surface area contributed by atoms with Crippen LogP contribution in [0.1, 0.15) is 76.3 Å². The molecule has 1 heterocycles. The fraction of sp³-hybridized carbons (Fsp3) is 0.640. The number of fused-ring (bicyclic) bond motifs is 1. The molecule has 0 saturated heterocycles. The molecule has 0 aromatic heterocycles. The maximum atomic E-state index is 13.3. The highest BCUT2D eigenvalue weighted by Crippen LogP contribution is 2.25. The number of amides is 2. The van der Waals surface area contributed by atoms with Gasteiger partial charge in [0.05, 0.1) is 5.92 Å². The Hall–Kier alpha value is -2.57. The van der Waals surface area contributed by atoms with Crippen molar-refractivity contribution in [2.75, 3.05) is 13.1 Å². The quantitative estimate of drug-likeness (QED) is 0.425. The van der Waals surface area contributed by atoms with Gasteiger partial charge in [-0.05, 0) is 24.5 Å². The van der Waals surface area contributed by atoms with Crippen molar-refractivity contribution in [1.29, 1.82) is 0 Å². The van der Waals surface area contributed by atoms with Gasteiger partial charge < -0.3 is 20.0 Å². The number of carbonyl (C=O) groups is 3. The lowest BCUT2D eigenvalue weighted by Gasteiger charge is -2.38. The van der Waals surface area contributed by atoms with Crippen molar-refractivity contribution in [3.8, 4) is 0 Å². The number of hydrogen-bond donors (Lipinski definition) is 2. The molecule has 32 heavy (non-hydrogen) atoms. The largest absolute Gasteiger partial charge is 0.481 e. The van der Waals surface area contributed by atoms with Gasteiger partial charge in [0.15, 0.2) is 0 Å². The van der Waals surface area contributed by atoms with Crippen LogP contribution >= 0.6 is 0 Å². The molecule has 2 N–H and O–H groups in total. The average molecular weight is 447 g/mol. The van der Waals surface area contributed by atoms with E-state index in [4.69, 9.17) is 0 Å². The predicted octanol–water partition coefficient (Wildman–Crippen LogP) is 4.78. The summed E-state index contributed by atoms with van der Waals surface area (Å²) in [4.78, 5) is 39.9. The van der Waals surface area contributed by atoms with Gasteiger partial charge in [-0.3, -0.25) is 4.79 Å². The Balaban J connectivity index is 1.99. The van der Waals surface area contributed by atoms with E-state index in [9.17, 15) is 24.6 Å². The van der Waals surface area contributed by atoms with Crippen LogP contribution in [0.5, 0.6) is 0 Å². The molecule has 1 aromatic rings. The lowest BCUT2D eigenvalue weighted by atomic mass is 9.94. The molecule has 0 aliphatic carbocycles. The molecule has 178 valence electrons. The third kappa shape index (κ3) is 7.24. The Bertz CT molecular complexity index is 766. The number of benzene rings is 1. The van der Waals surface area contributed by atoms with Crippen LogP contribution in [0.2, 0.25) is 0 Å². The maximum Gasteiger partial charge on any atom is 0.326 e. The second-order valence-corrected chi connectivity index (χ2v) is 8.72. The molecule has 0 unspecified atom stereocenters. The van der Waals surface area contributed by atoms with E-state index in [0.717, 1.165) is 30.4 Å². The second kappa shape index (κ2) is 13.1. The molecule has 7 nitrogen and oxygen atoms in total. The smallest absolute Gasteiger partial charge is 0.326 e. The molecule has 2 amide bonds.